The second kappa shape index (κ2) is 131. The van der Waals surface area contributed by atoms with E-state index in [0.29, 0.717) is 0 Å². The third kappa shape index (κ3) is 965. The first-order valence-electron chi connectivity index (χ1n) is 14.1. The fourth-order valence-corrected chi connectivity index (χ4v) is 0. The Morgan fingerprint density at radius 3 is 0.190 bits per heavy atom. The molecule has 0 bridgehead atoms. The molecule has 0 N–H and O–H groups in total. The molecule has 0 aromatic heterocycles. The van der Waals surface area contributed by atoms with Gasteiger partial charge in [0.25, 0.3) is 0 Å². The summed E-state index contributed by atoms with van der Waals surface area (Å²) in [7, 11) is 0. The molecule has 3 radical (unpaired) electrons. The zero-order chi connectivity index (χ0) is 55.2. The molecule has 0 heterocycles. The van der Waals surface area contributed by atoms with Crippen molar-refractivity contribution in [3.63, 3.8) is 0 Å². The average molecular weight is 988 g/mol. The Bertz CT molecular complexity index is 1060. The summed E-state index contributed by atoms with van der Waals surface area (Å²) in [5.41, 5.74) is -1.00. The molecule has 0 spiro atoms. The number of hydrogen-bond acceptors (Lipinski definition) is 0. The summed E-state index contributed by atoms with van der Waals surface area (Å²) < 4.78 is 90.0. The topological polar surface area (TPSA) is 265 Å². The molecule has 63 heavy (non-hydrogen) atoms. The van der Waals surface area contributed by atoms with Crippen molar-refractivity contribution in [3.8, 4) is 0 Å². The normalized spacial score (nSPS) is 6.29. The monoisotopic (exact) mass is 987 g/mol. The van der Waals surface area contributed by atoms with Crippen molar-refractivity contribution >= 4 is 0 Å². The predicted octanol–water partition coefficient (Wildman–Crippen LogP) is 9.77. The van der Waals surface area contributed by atoms with Crippen molar-refractivity contribution < 1.29 is 111 Å². The maximum Gasteiger partial charge on any atom is 0 e. The van der Waals surface area contributed by atoms with Crippen LogP contribution >= 0.6 is 0 Å². The average Bonchev–Trinajstić information content (AvgIpc) is 3.26. The van der Waals surface area contributed by atoms with E-state index in [0.717, 1.165) is 0 Å². The van der Waals surface area contributed by atoms with E-state index < -0.39 is 0 Å². The van der Waals surface area contributed by atoms with Crippen LogP contribution in [0.2, 0.25) is 0 Å². The van der Waals surface area contributed by atoms with Crippen molar-refractivity contribution in [3.05, 3.63) is 148 Å². The smallest absolute Gasteiger partial charge is 0 e. The first-order valence-corrected chi connectivity index (χ1v) is 14.1. The van der Waals surface area contributed by atoms with Crippen molar-refractivity contribution in [2.24, 2.45) is 0 Å². The van der Waals surface area contributed by atoms with E-state index in [1.54, 1.807) is 0 Å². The summed E-state index contributed by atoms with van der Waals surface area (Å²) >= 11 is 0. The minimum atomic E-state index is -0.167. The summed E-state index contributed by atoms with van der Waals surface area (Å²) in [5.74, 6) is 0. The molecule has 0 aliphatic rings. The van der Waals surface area contributed by atoms with Crippen LogP contribution in [0.25, 0.3) is 29.1 Å². The maximum atomic E-state index is 7.50. The van der Waals surface area contributed by atoms with Gasteiger partial charge >= 0.3 is 136 Å². The van der Waals surface area contributed by atoms with E-state index >= 15 is 0 Å². The van der Waals surface area contributed by atoms with Gasteiger partial charge in [0, 0.05) is 180 Å². The van der Waals surface area contributed by atoms with Gasteiger partial charge in [0.2, 0.25) is 33.2 Å². The fourth-order valence-electron chi connectivity index (χ4n) is 0. The molecule has 339 valence electrons. The third-order valence-corrected chi connectivity index (χ3v) is 2.01. The Labute approximate surface area is 415 Å². The minimum absolute atomic E-state index is 0. The summed E-state index contributed by atoms with van der Waals surface area (Å²) in [5, 5.41) is 0. The molecule has 0 unspecified atom stereocenters. The van der Waals surface area contributed by atoms with Gasteiger partial charge in [-0.1, -0.05) is 0 Å². The molecule has 0 amide bonds. The van der Waals surface area contributed by atoms with E-state index in [-0.39, 0.29) is 88.9 Å². The number of nitrogens with zero attached hydrogens (tertiary/aromatic N) is 6. The number of hydrogen-bond donors (Lipinski definition) is 0. The zero-order valence-corrected chi connectivity index (χ0v) is 43.1. The van der Waals surface area contributed by atoms with E-state index in [9.17, 15) is 0 Å². The molecule has 0 aromatic carbocycles. The first kappa shape index (κ1) is 138. The number of rotatable bonds is 0. The quantitative estimate of drug-likeness (QED) is 0.162. The predicted molar refractivity (Wildman–Crippen MR) is 205 cm³/mol. The molecule has 0 saturated carbocycles. The molecule has 0 aromatic rings. The van der Waals surface area contributed by atoms with Crippen LogP contribution in [0.15, 0.2) is 0 Å². The summed E-state index contributed by atoms with van der Waals surface area (Å²) in [6, 6.07) is 0. The molecule has 0 atom stereocenters. The van der Waals surface area contributed by atoms with Gasteiger partial charge in [-0.25, -0.2) is 39.4 Å². The molecule has 21 heteroatoms. The SMILES string of the molecule is [C-]#[N+]C(C)(C)C.[C-]#[N+]C(C)(C)C.[C-]#[N+]C(C)(C)C.[C-]#[N+]C(C)(C)C.[C-]#[N+]C(C)(C)C.[C-]#[N+]C(C)(C)C.[C-]#[O+].[C-]#[O+].[C-]#[O+].[C-]#[O+].[C-]#[O+].[C-]#[O+].[C-]#[O+].[C-]#[O+].[C-]#[O+].[C-]#[O+].[C-]#[O+].[C-]#[O+].[V].[V].[V]. The van der Waals surface area contributed by atoms with Gasteiger partial charge in [0.1, 0.15) is 0 Å². The Hall–Kier alpha value is -4.43. The molecule has 0 aliphatic heterocycles. The van der Waals surface area contributed by atoms with Gasteiger partial charge in [-0.15, -0.1) is 0 Å². The Balaban J connectivity index is -0.0000000160. The summed E-state index contributed by atoms with van der Waals surface area (Å²) in [4.78, 5) is 19.6. The van der Waals surface area contributed by atoms with E-state index in [4.69, 9.17) is 95.3 Å². The molecule has 0 rings (SSSR count). The standard InChI is InChI=1S/6C5H9N.12CO.3V/c6*1-5(2,3)6-4;12*1-2;;;/h6*1-3H3;;;;;;;;;;;;;;;. The zero-order valence-electron chi connectivity index (χ0n) is 38.9. The van der Waals surface area contributed by atoms with Gasteiger partial charge in [-0.2, -0.15) is 0 Å². The summed E-state index contributed by atoms with van der Waals surface area (Å²) in [6.45, 7) is 127. The molecule has 0 aliphatic carbocycles. The van der Waals surface area contributed by atoms with Crippen LogP contribution in [-0.2, 0) is 111 Å². The molecular weight excluding hydrogens is 933 g/mol. The van der Waals surface area contributed by atoms with Crippen LogP contribution < -0.4 is 0 Å². The molecular formula is C42H54N6O12V3. The Kier molecular flexibility index (Phi) is 285. The largest absolute Gasteiger partial charge is 0 e. The van der Waals surface area contributed by atoms with Crippen LogP contribution in [0.5, 0.6) is 0 Å². The second-order valence-electron chi connectivity index (χ2n) is 13.7. The minimum Gasteiger partial charge on any atom is 0 e. The van der Waals surface area contributed by atoms with Crippen molar-refractivity contribution in [1.82, 2.24) is 0 Å². The van der Waals surface area contributed by atoms with Crippen molar-refractivity contribution in [2.75, 3.05) is 0 Å². The fraction of sp³-hybridized carbons (Fsp3) is 0.571. The van der Waals surface area contributed by atoms with Crippen LogP contribution in [0.1, 0.15) is 125 Å². The maximum absolute atomic E-state index is 7.50. The van der Waals surface area contributed by atoms with Gasteiger partial charge < -0.3 is 29.1 Å². The third-order valence-electron chi connectivity index (χ3n) is 2.01. The van der Waals surface area contributed by atoms with Gasteiger partial charge in [0.05, 0.1) is 0 Å². The summed E-state index contributed by atoms with van der Waals surface area (Å²) in [6.07, 6.45) is 0. The van der Waals surface area contributed by atoms with E-state index in [2.05, 4.69) is 109 Å². The van der Waals surface area contributed by atoms with Crippen LogP contribution in [-0.4, -0.2) is 33.2 Å². The Morgan fingerprint density at radius 1 is 0.175 bits per heavy atom. The van der Waals surface area contributed by atoms with Crippen LogP contribution in [0.3, 0.4) is 0 Å². The van der Waals surface area contributed by atoms with Gasteiger partial charge in [-0.3, -0.25) is 0 Å². The first-order chi connectivity index (χ1) is 27.4. The van der Waals surface area contributed by atoms with Gasteiger partial charge in [-0.05, 0) is 0 Å². The van der Waals surface area contributed by atoms with Gasteiger partial charge in [0.15, 0.2) is 0 Å². The van der Waals surface area contributed by atoms with Crippen molar-refractivity contribution in [1.29, 1.82) is 0 Å². The van der Waals surface area contributed by atoms with E-state index in [1.807, 2.05) is 125 Å². The molecule has 0 saturated heterocycles. The Morgan fingerprint density at radius 2 is 0.190 bits per heavy atom. The van der Waals surface area contributed by atoms with Crippen LogP contribution in [0, 0.1) is 119 Å². The molecule has 18 nitrogen and oxygen atoms in total. The second-order valence-corrected chi connectivity index (χ2v) is 13.7. The van der Waals surface area contributed by atoms with Crippen LogP contribution in [0.4, 0.5) is 0 Å². The van der Waals surface area contributed by atoms with E-state index in [1.165, 1.54) is 0 Å². The molecule has 0 fully saturated rings. The van der Waals surface area contributed by atoms with Crippen molar-refractivity contribution in [2.45, 2.75) is 158 Å².